The third-order valence-corrected chi connectivity index (χ3v) is 5.67. The Kier molecular flexibility index (Phi) is 4.21. The number of halogens is 1. The molecule has 1 unspecified atom stereocenters. The van der Waals surface area contributed by atoms with E-state index in [9.17, 15) is 4.39 Å². The molecule has 2 rings (SSSR count). The lowest BCUT2D eigenvalue weighted by atomic mass is 10.2. The first-order valence-corrected chi connectivity index (χ1v) is 7.40. The second kappa shape index (κ2) is 5.47. The third-order valence-electron chi connectivity index (χ3n) is 2.69. The summed E-state index contributed by atoms with van der Waals surface area (Å²) in [7, 11) is 3.32. The van der Waals surface area contributed by atoms with Crippen LogP contribution >= 0.6 is 23.5 Å². The van der Waals surface area contributed by atoms with Crippen molar-refractivity contribution in [2.75, 3.05) is 25.7 Å². The minimum Gasteiger partial charge on any atom is -0.358 e. The van der Waals surface area contributed by atoms with Crippen LogP contribution < -0.4 is 0 Å². The summed E-state index contributed by atoms with van der Waals surface area (Å²) in [5.74, 6) is 2.10. The molecule has 5 heteroatoms. The highest BCUT2D eigenvalue weighted by Gasteiger charge is 2.27. The van der Waals surface area contributed by atoms with Gasteiger partial charge in [0.15, 0.2) is 12.2 Å². The molecule has 0 amide bonds. The second-order valence-corrected chi connectivity index (χ2v) is 6.49. The summed E-state index contributed by atoms with van der Waals surface area (Å²) < 4.78 is 19.5. The number of hydrogen-bond acceptors (Lipinski definition) is 4. The van der Waals surface area contributed by atoms with Crippen molar-refractivity contribution >= 4 is 23.5 Å². The summed E-state index contributed by atoms with van der Waals surface area (Å²) in [6, 6.07) is 0. The van der Waals surface area contributed by atoms with E-state index < -0.39 is 0 Å². The van der Waals surface area contributed by atoms with Crippen LogP contribution in [0.5, 0.6) is 0 Å². The number of hydrogen-bond donors (Lipinski definition) is 0. The Balaban J connectivity index is 2.14. The van der Waals surface area contributed by atoms with Gasteiger partial charge in [0.05, 0.1) is 4.58 Å². The topological polar surface area (TPSA) is 12.5 Å². The molecule has 1 atom stereocenters. The Morgan fingerprint density at radius 3 is 2.75 bits per heavy atom. The van der Waals surface area contributed by atoms with Crippen LogP contribution in [-0.2, 0) is 4.74 Å². The molecule has 0 aromatic rings. The lowest BCUT2D eigenvalue weighted by molar-refractivity contribution is 0.0215. The maximum atomic E-state index is 14.1. The van der Waals surface area contributed by atoms with E-state index in [0.29, 0.717) is 0 Å². The summed E-state index contributed by atoms with van der Waals surface area (Å²) in [6.45, 7) is 0. The van der Waals surface area contributed by atoms with Crippen molar-refractivity contribution in [2.24, 2.45) is 0 Å². The number of rotatable bonds is 2. The number of likely N-dealkylation sites (N-methyl/N-ethyl adjacent to an activating group) is 1. The molecule has 1 saturated heterocycles. The summed E-state index contributed by atoms with van der Waals surface area (Å²) in [5, 5.41) is 0. The maximum Gasteiger partial charge on any atom is 0.196 e. The first-order valence-electron chi connectivity index (χ1n) is 5.30. The van der Waals surface area contributed by atoms with Crippen molar-refractivity contribution < 1.29 is 9.13 Å². The molecule has 0 saturated carbocycles. The first kappa shape index (κ1) is 12.3. The third kappa shape index (κ3) is 2.41. The molecule has 0 bridgehead atoms. The molecule has 0 aromatic heterocycles. The Morgan fingerprint density at radius 1 is 1.44 bits per heavy atom. The predicted octanol–water partition coefficient (Wildman–Crippen LogP) is 2.84. The highest BCUT2D eigenvalue weighted by molar-refractivity contribution is 8.17. The van der Waals surface area contributed by atoms with Crippen LogP contribution in [0, 0.1) is 0 Å². The number of allylic oxidation sites excluding steroid dienone is 1. The Morgan fingerprint density at radius 2 is 2.12 bits per heavy atom. The van der Waals surface area contributed by atoms with Gasteiger partial charge in [-0.3, -0.25) is 0 Å². The Labute approximate surface area is 104 Å². The summed E-state index contributed by atoms with van der Waals surface area (Å²) >= 11 is 3.66. The maximum absolute atomic E-state index is 14.1. The smallest absolute Gasteiger partial charge is 0.196 e. The lowest BCUT2D eigenvalue weighted by Gasteiger charge is -2.32. The zero-order valence-corrected chi connectivity index (χ0v) is 11.1. The molecule has 0 N–H and O–H groups in total. The van der Waals surface area contributed by atoms with Crippen molar-refractivity contribution in [3.63, 3.8) is 0 Å². The fraction of sp³-hybridized carbons (Fsp3) is 0.636. The molecule has 0 aromatic carbocycles. The van der Waals surface area contributed by atoms with Gasteiger partial charge in [0.2, 0.25) is 0 Å². The minimum absolute atomic E-state index is 0.152. The van der Waals surface area contributed by atoms with E-state index in [2.05, 4.69) is 0 Å². The lowest BCUT2D eigenvalue weighted by Crippen LogP contribution is -2.33. The molecular formula is C11H16FNOS2. The molecule has 0 aliphatic carbocycles. The average Bonchev–Trinajstić information content (AvgIpc) is 2.34. The molecule has 2 aliphatic heterocycles. The quantitative estimate of drug-likeness (QED) is 0.708. The fourth-order valence-electron chi connectivity index (χ4n) is 1.78. The van der Waals surface area contributed by atoms with E-state index in [-0.39, 0.29) is 16.8 Å². The average molecular weight is 261 g/mol. The Hall–Kier alpha value is -0.130. The van der Waals surface area contributed by atoms with Gasteiger partial charge in [-0.05, 0) is 24.0 Å². The fourth-order valence-corrected chi connectivity index (χ4v) is 4.68. The Bertz CT molecular complexity index is 313. The van der Waals surface area contributed by atoms with Gasteiger partial charge in [-0.15, -0.1) is 23.5 Å². The molecule has 2 nitrogen and oxygen atoms in total. The van der Waals surface area contributed by atoms with Crippen LogP contribution in [0.15, 0.2) is 23.7 Å². The molecule has 1 fully saturated rings. The number of methoxy groups -OCH3 is 1. The normalized spacial score (nSPS) is 27.7. The summed E-state index contributed by atoms with van der Waals surface area (Å²) in [5.41, 5.74) is 0.797. The van der Waals surface area contributed by atoms with Gasteiger partial charge in [-0.1, -0.05) is 6.08 Å². The predicted molar refractivity (Wildman–Crippen MR) is 69.2 cm³/mol. The second-order valence-electron chi connectivity index (χ2n) is 3.77. The standard InChI is InChI=1S/C11H16FNOS2/c1-13-9(14-2)5-4-8(10(13)12)11-15-6-3-7-16-11/h4-5,9,11H,3,6-7H2,1-2H3. The molecular weight excluding hydrogens is 245 g/mol. The van der Waals surface area contributed by atoms with Crippen molar-refractivity contribution in [3.8, 4) is 0 Å². The number of thioether (sulfide) groups is 2. The molecule has 0 radical (unpaired) electrons. The van der Waals surface area contributed by atoms with E-state index in [0.717, 1.165) is 17.1 Å². The largest absolute Gasteiger partial charge is 0.358 e. The van der Waals surface area contributed by atoms with E-state index >= 15 is 0 Å². The van der Waals surface area contributed by atoms with E-state index in [1.54, 1.807) is 19.1 Å². The van der Waals surface area contributed by atoms with Crippen molar-refractivity contribution in [3.05, 3.63) is 23.7 Å². The van der Waals surface area contributed by atoms with E-state index in [4.69, 9.17) is 4.74 Å². The van der Waals surface area contributed by atoms with Crippen LogP contribution in [0.3, 0.4) is 0 Å². The number of ether oxygens (including phenoxy) is 1. The van der Waals surface area contributed by atoms with Gasteiger partial charge in [0, 0.05) is 19.7 Å². The van der Waals surface area contributed by atoms with Crippen molar-refractivity contribution in [1.82, 2.24) is 4.90 Å². The van der Waals surface area contributed by atoms with Crippen molar-refractivity contribution in [1.29, 1.82) is 0 Å². The van der Waals surface area contributed by atoms with Crippen LogP contribution in [0.1, 0.15) is 6.42 Å². The molecule has 0 spiro atoms. The summed E-state index contributed by atoms with van der Waals surface area (Å²) in [4.78, 5) is 1.55. The zero-order valence-electron chi connectivity index (χ0n) is 9.48. The molecule has 2 aliphatic rings. The molecule has 90 valence electrons. The van der Waals surface area contributed by atoms with Gasteiger partial charge in [0.25, 0.3) is 0 Å². The number of nitrogens with zero attached hydrogens (tertiary/aromatic N) is 1. The SMILES string of the molecule is COC1C=CC(C2SCCCS2)=C(F)N1C. The van der Waals surface area contributed by atoms with Crippen LogP contribution in [0.4, 0.5) is 4.39 Å². The van der Waals surface area contributed by atoms with Crippen molar-refractivity contribution in [2.45, 2.75) is 17.2 Å². The highest BCUT2D eigenvalue weighted by Crippen LogP contribution is 2.39. The van der Waals surface area contributed by atoms with Gasteiger partial charge >= 0.3 is 0 Å². The minimum atomic E-state index is -0.276. The summed E-state index contributed by atoms with van der Waals surface area (Å²) in [6.07, 6.45) is 4.73. The van der Waals surface area contributed by atoms with Crippen LogP contribution in [0.25, 0.3) is 0 Å². The molecule has 16 heavy (non-hydrogen) atoms. The first-order chi connectivity index (χ1) is 7.74. The van der Waals surface area contributed by atoms with Gasteiger partial charge in [0.1, 0.15) is 0 Å². The van der Waals surface area contributed by atoms with Crippen LogP contribution in [0.2, 0.25) is 0 Å². The molecule has 2 heterocycles. The van der Waals surface area contributed by atoms with Gasteiger partial charge < -0.3 is 9.64 Å². The zero-order chi connectivity index (χ0) is 11.5. The highest BCUT2D eigenvalue weighted by atomic mass is 32.2. The monoisotopic (exact) mass is 261 g/mol. The van der Waals surface area contributed by atoms with Gasteiger partial charge in [-0.2, -0.15) is 4.39 Å². The van der Waals surface area contributed by atoms with Gasteiger partial charge in [-0.25, -0.2) is 0 Å². The van der Waals surface area contributed by atoms with Crippen LogP contribution in [-0.4, -0.2) is 41.4 Å². The van der Waals surface area contributed by atoms with E-state index in [1.807, 2.05) is 35.7 Å². The van der Waals surface area contributed by atoms with E-state index in [1.165, 1.54) is 6.42 Å².